The summed E-state index contributed by atoms with van der Waals surface area (Å²) < 4.78 is 17.6. The lowest BCUT2D eigenvalue weighted by molar-refractivity contribution is -0.156. The molecule has 0 spiro atoms. The van der Waals surface area contributed by atoms with Crippen molar-refractivity contribution in [2.24, 2.45) is 0 Å². The average molecular weight is 494 g/mol. The number of esters is 1. The van der Waals surface area contributed by atoms with E-state index < -0.39 is 6.10 Å². The van der Waals surface area contributed by atoms with Crippen molar-refractivity contribution < 1.29 is 19.0 Å². The summed E-state index contributed by atoms with van der Waals surface area (Å²) in [6, 6.07) is 16.2. The van der Waals surface area contributed by atoms with Gasteiger partial charge >= 0.3 is 5.97 Å². The normalized spacial score (nSPS) is 12.5. The zero-order valence-corrected chi connectivity index (χ0v) is 18.8. The van der Waals surface area contributed by atoms with Gasteiger partial charge in [-0.1, -0.05) is 24.3 Å². The monoisotopic (exact) mass is 494 g/mol. The van der Waals surface area contributed by atoms with Crippen molar-refractivity contribution in [3.8, 4) is 5.75 Å². The quantitative estimate of drug-likeness (QED) is 0.333. The third-order valence-electron chi connectivity index (χ3n) is 4.20. The van der Waals surface area contributed by atoms with Gasteiger partial charge in [-0.15, -0.1) is 0 Å². The van der Waals surface area contributed by atoms with Crippen LogP contribution in [0.2, 0.25) is 0 Å². The minimum absolute atomic E-state index is 0.319. The van der Waals surface area contributed by atoms with Crippen molar-refractivity contribution in [3.63, 3.8) is 0 Å². The molecule has 0 radical (unpaired) electrons. The SMILES string of the molecule is CCOC(=O)C(Cc1ccc(OC/C=C(\C)c2ccc(I)cc2)cc1)OCC. The van der Waals surface area contributed by atoms with Crippen LogP contribution in [0.15, 0.2) is 54.6 Å². The van der Waals surface area contributed by atoms with Gasteiger partial charge in [0.15, 0.2) is 6.10 Å². The maximum Gasteiger partial charge on any atom is 0.335 e. The molecule has 5 heteroatoms. The van der Waals surface area contributed by atoms with Gasteiger partial charge in [0.2, 0.25) is 0 Å². The highest BCUT2D eigenvalue weighted by Crippen LogP contribution is 2.18. The lowest BCUT2D eigenvalue weighted by Gasteiger charge is -2.15. The number of ether oxygens (including phenoxy) is 3. The van der Waals surface area contributed by atoms with Gasteiger partial charge in [-0.3, -0.25) is 0 Å². The van der Waals surface area contributed by atoms with E-state index in [2.05, 4.69) is 59.9 Å². The van der Waals surface area contributed by atoms with E-state index in [9.17, 15) is 4.79 Å². The Labute approximate surface area is 181 Å². The number of rotatable bonds is 10. The summed E-state index contributed by atoms with van der Waals surface area (Å²) >= 11 is 2.30. The molecule has 150 valence electrons. The van der Waals surface area contributed by atoms with Crippen LogP contribution in [-0.4, -0.2) is 31.9 Å². The third kappa shape index (κ3) is 7.28. The summed E-state index contributed by atoms with van der Waals surface area (Å²) in [6.07, 6.45) is 1.98. The van der Waals surface area contributed by atoms with Crippen molar-refractivity contribution in [2.45, 2.75) is 33.3 Å². The van der Waals surface area contributed by atoms with E-state index in [0.717, 1.165) is 11.3 Å². The summed E-state index contributed by atoms with van der Waals surface area (Å²) in [5.41, 5.74) is 3.38. The fraction of sp³-hybridized carbons (Fsp3) is 0.348. The van der Waals surface area contributed by atoms with Crippen molar-refractivity contribution in [1.29, 1.82) is 0 Å². The lowest BCUT2D eigenvalue weighted by Crippen LogP contribution is -2.28. The fourth-order valence-corrected chi connectivity index (χ4v) is 3.04. The van der Waals surface area contributed by atoms with Gasteiger partial charge in [0.05, 0.1) is 6.61 Å². The molecule has 4 nitrogen and oxygen atoms in total. The maximum atomic E-state index is 12.0. The Morgan fingerprint density at radius 1 is 1.04 bits per heavy atom. The molecule has 2 aromatic carbocycles. The van der Waals surface area contributed by atoms with E-state index in [1.54, 1.807) is 6.92 Å². The molecule has 0 amide bonds. The minimum atomic E-state index is -0.573. The van der Waals surface area contributed by atoms with Crippen LogP contribution in [0.4, 0.5) is 0 Å². The highest BCUT2D eigenvalue weighted by Gasteiger charge is 2.20. The Bertz CT molecular complexity index is 766. The van der Waals surface area contributed by atoms with Gasteiger partial charge < -0.3 is 14.2 Å². The van der Waals surface area contributed by atoms with Crippen LogP contribution in [0.1, 0.15) is 31.9 Å². The van der Waals surface area contributed by atoms with Crippen molar-refractivity contribution >= 4 is 34.1 Å². The molecule has 2 aromatic rings. The Hall–Kier alpha value is -1.86. The van der Waals surface area contributed by atoms with E-state index >= 15 is 0 Å². The van der Waals surface area contributed by atoms with E-state index in [-0.39, 0.29) is 5.97 Å². The molecule has 0 aliphatic heterocycles. The van der Waals surface area contributed by atoms with Gasteiger partial charge in [-0.25, -0.2) is 4.79 Å². The second kappa shape index (κ2) is 11.9. The first-order valence-corrected chi connectivity index (χ1v) is 10.5. The first-order valence-electron chi connectivity index (χ1n) is 9.46. The molecule has 0 saturated carbocycles. The Morgan fingerprint density at radius 2 is 1.71 bits per heavy atom. The van der Waals surface area contributed by atoms with Crippen LogP contribution in [0.5, 0.6) is 5.75 Å². The van der Waals surface area contributed by atoms with Crippen molar-refractivity contribution in [1.82, 2.24) is 0 Å². The van der Waals surface area contributed by atoms with Gasteiger partial charge in [0.1, 0.15) is 12.4 Å². The summed E-state index contributed by atoms with van der Waals surface area (Å²) in [6.45, 7) is 7.07. The second-order valence-electron chi connectivity index (χ2n) is 6.25. The predicted molar refractivity (Wildman–Crippen MR) is 120 cm³/mol. The largest absolute Gasteiger partial charge is 0.490 e. The van der Waals surface area contributed by atoms with Gasteiger partial charge in [0, 0.05) is 16.6 Å². The van der Waals surface area contributed by atoms with E-state index in [1.807, 2.05) is 31.2 Å². The highest BCUT2D eigenvalue weighted by atomic mass is 127. The summed E-state index contributed by atoms with van der Waals surface area (Å²) in [4.78, 5) is 12.0. The fourth-order valence-electron chi connectivity index (χ4n) is 2.68. The molecular formula is C23H27IO4. The van der Waals surface area contributed by atoms with Crippen LogP contribution in [0.3, 0.4) is 0 Å². The number of allylic oxidation sites excluding steroid dienone is 1. The molecule has 0 bridgehead atoms. The molecule has 0 fully saturated rings. The molecule has 0 aliphatic carbocycles. The zero-order chi connectivity index (χ0) is 20.4. The molecule has 0 aromatic heterocycles. The zero-order valence-electron chi connectivity index (χ0n) is 16.6. The first kappa shape index (κ1) is 22.4. The van der Waals surface area contributed by atoms with Gasteiger partial charge in [0.25, 0.3) is 0 Å². The van der Waals surface area contributed by atoms with Crippen LogP contribution >= 0.6 is 22.6 Å². The number of halogens is 1. The number of hydrogen-bond acceptors (Lipinski definition) is 4. The molecule has 0 heterocycles. The maximum absolute atomic E-state index is 12.0. The minimum Gasteiger partial charge on any atom is -0.490 e. The molecule has 0 aliphatic rings. The van der Waals surface area contributed by atoms with E-state index in [4.69, 9.17) is 14.2 Å². The lowest BCUT2D eigenvalue weighted by atomic mass is 10.1. The van der Waals surface area contributed by atoms with Crippen LogP contribution in [0.25, 0.3) is 5.57 Å². The second-order valence-corrected chi connectivity index (χ2v) is 7.49. The number of carbonyl (C=O) groups is 1. The Balaban J connectivity index is 1.90. The Morgan fingerprint density at radius 3 is 2.32 bits per heavy atom. The van der Waals surface area contributed by atoms with Crippen LogP contribution in [0, 0.1) is 3.57 Å². The number of benzene rings is 2. The van der Waals surface area contributed by atoms with Gasteiger partial charge in [-0.2, -0.15) is 0 Å². The summed E-state index contributed by atoms with van der Waals surface area (Å²) in [7, 11) is 0. The summed E-state index contributed by atoms with van der Waals surface area (Å²) in [5, 5.41) is 0. The van der Waals surface area contributed by atoms with Crippen molar-refractivity contribution in [3.05, 3.63) is 69.3 Å². The van der Waals surface area contributed by atoms with Crippen LogP contribution in [-0.2, 0) is 20.7 Å². The average Bonchev–Trinajstić information content (AvgIpc) is 2.69. The van der Waals surface area contributed by atoms with Crippen molar-refractivity contribution in [2.75, 3.05) is 19.8 Å². The number of carbonyl (C=O) groups excluding carboxylic acids is 1. The molecule has 1 unspecified atom stereocenters. The molecule has 1 atom stereocenters. The standard InChI is InChI=1S/C23H27IO4/c1-4-26-22(23(25)27-5-2)16-18-6-12-21(13-7-18)28-15-14-17(3)19-8-10-20(24)11-9-19/h6-14,22H,4-5,15-16H2,1-3H3/b17-14+. The van der Waals surface area contributed by atoms with E-state index in [1.165, 1.54) is 14.7 Å². The number of hydrogen-bond donors (Lipinski definition) is 0. The summed E-state index contributed by atoms with van der Waals surface area (Å²) in [5.74, 6) is 0.473. The van der Waals surface area contributed by atoms with Crippen LogP contribution < -0.4 is 4.74 Å². The first-order chi connectivity index (χ1) is 13.5. The Kier molecular flexibility index (Phi) is 9.50. The molecule has 28 heavy (non-hydrogen) atoms. The highest BCUT2D eigenvalue weighted by molar-refractivity contribution is 14.1. The predicted octanol–water partition coefficient (Wildman–Crippen LogP) is 5.28. The van der Waals surface area contributed by atoms with Gasteiger partial charge in [-0.05, 0) is 90.4 Å². The molecule has 0 N–H and O–H groups in total. The molecule has 0 saturated heterocycles. The smallest absolute Gasteiger partial charge is 0.335 e. The van der Waals surface area contributed by atoms with E-state index in [0.29, 0.717) is 26.2 Å². The molecule has 2 rings (SSSR count). The topological polar surface area (TPSA) is 44.8 Å². The molecular weight excluding hydrogens is 467 g/mol. The third-order valence-corrected chi connectivity index (χ3v) is 4.92.